The third kappa shape index (κ3) is 9.83. The number of benzene rings is 1. The average molecular weight is 294 g/mol. The molecule has 1 aromatic carbocycles. The summed E-state index contributed by atoms with van der Waals surface area (Å²) in [5.74, 6) is -0.914. The molecule has 1 aromatic rings. The van der Waals surface area contributed by atoms with Crippen LogP contribution < -0.4 is 0 Å². The van der Waals surface area contributed by atoms with Gasteiger partial charge in [0.1, 0.15) is 5.82 Å². The van der Waals surface area contributed by atoms with Crippen molar-refractivity contribution in [2.45, 2.75) is 52.4 Å². The van der Waals surface area contributed by atoms with Gasteiger partial charge in [0.25, 0.3) is 0 Å². The molecule has 0 saturated carbocycles. The van der Waals surface area contributed by atoms with Crippen LogP contribution in [0.3, 0.4) is 0 Å². The lowest BCUT2D eigenvalue weighted by molar-refractivity contribution is -0.142. The lowest BCUT2D eigenvalue weighted by Crippen LogP contribution is -2.12. The van der Waals surface area contributed by atoms with Crippen molar-refractivity contribution in [1.82, 2.24) is 0 Å². The van der Waals surface area contributed by atoms with Crippen molar-refractivity contribution >= 4 is 5.97 Å². The van der Waals surface area contributed by atoms with E-state index in [2.05, 4.69) is 6.58 Å². The minimum absolute atomic E-state index is 0.132. The maximum absolute atomic E-state index is 12.3. The first-order valence-corrected chi connectivity index (χ1v) is 7.57. The summed E-state index contributed by atoms with van der Waals surface area (Å²) in [5, 5.41) is 8.76. The summed E-state index contributed by atoms with van der Waals surface area (Å²) in [6.07, 6.45) is 7.81. The van der Waals surface area contributed by atoms with Crippen molar-refractivity contribution in [2.24, 2.45) is 5.92 Å². The zero-order chi connectivity index (χ0) is 16.1. The van der Waals surface area contributed by atoms with Gasteiger partial charge in [-0.2, -0.15) is 0 Å². The van der Waals surface area contributed by atoms with Gasteiger partial charge in [-0.05, 0) is 44.2 Å². The summed E-state index contributed by atoms with van der Waals surface area (Å²) in [6, 6.07) is 6.70. The van der Waals surface area contributed by atoms with Crippen molar-refractivity contribution in [2.75, 3.05) is 0 Å². The average Bonchev–Trinajstić information content (AvgIpc) is 2.46. The van der Waals surface area contributed by atoms with Gasteiger partial charge in [-0.15, -0.1) is 6.58 Å². The first kappa shape index (κ1) is 19.4. The molecule has 1 N–H and O–H groups in total. The first-order chi connectivity index (χ1) is 10.0. The normalized spacial score (nSPS) is 11.2. The smallest absolute Gasteiger partial charge is 0.306 e. The lowest BCUT2D eigenvalue weighted by atomic mass is 9.98. The van der Waals surface area contributed by atoms with E-state index in [1.54, 1.807) is 19.1 Å². The molecule has 0 amide bonds. The van der Waals surface area contributed by atoms with Gasteiger partial charge in [-0.25, -0.2) is 4.39 Å². The fourth-order valence-corrected chi connectivity index (χ4v) is 1.91. The highest BCUT2D eigenvalue weighted by atomic mass is 19.1. The molecular weight excluding hydrogens is 267 g/mol. The number of allylic oxidation sites excluding steroid dienone is 1. The SMILES string of the molecule is C=CCCCCC[C@H](CC)C(=O)O.Cc1ccccc1F. The predicted octanol–water partition coefficient (Wildman–Crippen LogP) is 5.37. The quantitative estimate of drug-likeness (QED) is 0.517. The Morgan fingerprint density at radius 2 is 2.00 bits per heavy atom. The molecule has 0 unspecified atom stereocenters. The number of aryl methyl sites for hydroxylation is 1. The predicted molar refractivity (Wildman–Crippen MR) is 85.8 cm³/mol. The van der Waals surface area contributed by atoms with E-state index in [1.165, 1.54) is 6.07 Å². The van der Waals surface area contributed by atoms with Crippen LogP contribution in [0.4, 0.5) is 4.39 Å². The Kier molecular flexibility index (Phi) is 11.2. The molecule has 0 heterocycles. The number of hydrogen-bond acceptors (Lipinski definition) is 1. The lowest BCUT2D eigenvalue weighted by Gasteiger charge is -2.08. The Bertz CT molecular complexity index is 394. The van der Waals surface area contributed by atoms with Gasteiger partial charge in [-0.3, -0.25) is 4.79 Å². The highest BCUT2D eigenvalue weighted by Crippen LogP contribution is 2.14. The number of hydrogen-bond donors (Lipinski definition) is 1. The van der Waals surface area contributed by atoms with Crippen LogP contribution in [0.1, 0.15) is 51.0 Å². The minimum atomic E-state index is -0.647. The number of unbranched alkanes of at least 4 members (excludes halogenated alkanes) is 3. The van der Waals surface area contributed by atoms with Crippen LogP contribution in [0.2, 0.25) is 0 Å². The van der Waals surface area contributed by atoms with E-state index in [9.17, 15) is 9.18 Å². The molecule has 21 heavy (non-hydrogen) atoms. The van der Waals surface area contributed by atoms with Crippen molar-refractivity contribution in [3.63, 3.8) is 0 Å². The van der Waals surface area contributed by atoms with E-state index < -0.39 is 5.97 Å². The van der Waals surface area contributed by atoms with Gasteiger partial charge in [0.15, 0.2) is 0 Å². The van der Waals surface area contributed by atoms with Crippen LogP contribution in [0, 0.1) is 18.7 Å². The zero-order valence-electron chi connectivity index (χ0n) is 13.1. The molecule has 0 saturated heterocycles. The number of carbonyl (C=O) groups is 1. The molecule has 118 valence electrons. The second-order valence-corrected chi connectivity index (χ2v) is 5.12. The van der Waals surface area contributed by atoms with Crippen molar-refractivity contribution in [3.05, 3.63) is 48.3 Å². The molecule has 0 bridgehead atoms. The van der Waals surface area contributed by atoms with Crippen LogP contribution >= 0.6 is 0 Å². The number of halogens is 1. The van der Waals surface area contributed by atoms with Gasteiger partial charge in [0, 0.05) is 0 Å². The Morgan fingerprint density at radius 3 is 2.43 bits per heavy atom. The fourth-order valence-electron chi connectivity index (χ4n) is 1.91. The summed E-state index contributed by atoms with van der Waals surface area (Å²) >= 11 is 0. The standard InChI is InChI=1S/C11H20O2.C7H7F/c1-3-5-6-7-8-9-10(4-2)11(12)13;1-6-4-2-3-5-7(6)8/h3,10H,1,4-9H2,2H3,(H,12,13);2-5H,1H3/t10-;/m0./s1. The third-order valence-electron chi connectivity index (χ3n) is 3.38. The summed E-state index contributed by atoms with van der Waals surface area (Å²) < 4.78 is 12.3. The molecule has 0 fully saturated rings. The molecule has 1 rings (SSSR count). The first-order valence-electron chi connectivity index (χ1n) is 7.57. The monoisotopic (exact) mass is 294 g/mol. The van der Waals surface area contributed by atoms with E-state index >= 15 is 0 Å². The Morgan fingerprint density at radius 1 is 1.33 bits per heavy atom. The van der Waals surface area contributed by atoms with E-state index in [1.807, 2.05) is 19.1 Å². The third-order valence-corrected chi connectivity index (χ3v) is 3.38. The summed E-state index contributed by atoms with van der Waals surface area (Å²) in [4.78, 5) is 10.6. The summed E-state index contributed by atoms with van der Waals surface area (Å²) in [6.45, 7) is 7.32. The van der Waals surface area contributed by atoms with Crippen LogP contribution in [-0.4, -0.2) is 11.1 Å². The molecule has 0 radical (unpaired) electrons. The molecule has 0 aliphatic heterocycles. The van der Waals surface area contributed by atoms with Crippen LogP contribution in [0.5, 0.6) is 0 Å². The van der Waals surface area contributed by atoms with Gasteiger partial charge in [0.2, 0.25) is 0 Å². The molecule has 0 aliphatic rings. The highest BCUT2D eigenvalue weighted by molar-refractivity contribution is 5.69. The molecule has 1 atom stereocenters. The van der Waals surface area contributed by atoms with E-state index in [0.29, 0.717) is 5.56 Å². The second-order valence-electron chi connectivity index (χ2n) is 5.12. The molecular formula is C18H27FO2. The van der Waals surface area contributed by atoms with Crippen LogP contribution in [0.25, 0.3) is 0 Å². The fraction of sp³-hybridized carbons (Fsp3) is 0.500. The van der Waals surface area contributed by atoms with Gasteiger partial charge in [0.05, 0.1) is 5.92 Å². The second kappa shape index (κ2) is 12.1. The Labute approximate surface area is 127 Å². The van der Waals surface area contributed by atoms with Crippen LogP contribution in [-0.2, 0) is 4.79 Å². The van der Waals surface area contributed by atoms with E-state index in [-0.39, 0.29) is 11.7 Å². The molecule has 2 nitrogen and oxygen atoms in total. The van der Waals surface area contributed by atoms with E-state index in [4.69, 9.17) is 5.11 Å². The van der Waals surface area contributed by atoms with Gasteiger partial charge >= 0.3 is 5.97 Å². The Hall–Kier alpha value is -1.64. The molecule has 0 aliphatic carbocycles. The summed E-state index contributed by atoms with van der Waals surface area (Å²) in [7, 11) is 0. The Balaban J connectivity index is 0.000000423. The summed E-state index contributed by atoms with van der Waals surface area (Å²) in [5.41, 5.74) is 0.701. The van der Waals surface area contributed by atoms with Crippen molar-refractivity contribution in [3.8, 4) is 0 Å². The maximum atomic E-state index is 12.3. The molecule has 3 heteroatoms. The van der Waals surface area contributed by atoms with E-state index in [0.717, 1.165) is 38.5 Å². The number of carboxylic acid groups (broad SMARTS) is 1. The topological polar surface area (TPSA) is 37.3 Å². The zero-order valence-corrected chi connectivity index (χ0v) is 13.1. The highest BCUT2D eigenvalue weighted by Gasteiger charge is 2.13. The van der Waals surface area contributed by atoms with Crippen molar-refractivity contribution < 1.29 is 14.3 Å². The maximum Gasteiger partial charge on any atom is 0.306 e. The number of carboxylic acids is 1. The minimum Gasteiger partial charge on any atom is -0.481 e. The van der Waals surface area contributed by atoms with Gasteiger partial charge < -0.3 is 5.11 Å². The van der Waals surface area contributed by atoms with Crippen LogP contribution in [0.15, 0.2) is 36.9 Å². The molecule has 0 spiro atoms. The van der Waals surface area contributed by atoms with Crippen molar-refractivity contribution in [1.29, 1.82) is 0 Å². The largest absolute Gasteiger partial charge is 0.481 e. The molecule has 0 aromatic heterocycles. The number of rotatable bonds is 8. The number of aliphatic carboxylic acids is 1. The van der Waals surface area contributed by atoms with Gasteiger partial charge in [-0.1, -0.05) is 44.0 Å².